The Morgan fingerprint density at radius 2 is 1.79 bits per heavy atom. The molecule has 1 N–H and O–H groups in total. The topological polar surface area (TPSA) is 114 Å². The lowest BCUT2D eigenvalue weighted by Gasteiger charge is -2.51. The summed E-state index contributed by atoms with van der Waals surface area (Å²) in [6.45, 7) is 20.8. The van der Waals surface area contributed by atoms with Crippen LogP contribution in [0.15, 0.2) is 36.6 Å². The molecule has 0 aliphatic carbocycles. The second kappa shape index (κ2) is 12.1. The Bertz CT molecular complexity index is 1050. The summed E-state index contributed by atoms with van der Waals surface area (Å²) in [5, 5.41) is 2.54. The highest BCUT2D eigenvalue weighted by atomic mass is 28.4. The second-order valence-electron chi connectivity index (χ2n) is 11.8. The molecule has 10 nitrogen and oxygen atoms in total. The molecular weight excluding hydrogens is 518 g/mol. The van der Waals surface area contributed by atoms with E-state index >= 15 is 0 Å². The molecule has 0 aromatic heterocycles. The van der Waals surface area contributed by atoms with Crippen LogP contribution >= 0.6 is 0 Å². The average molecular weight is 562 g/mol. The summed E-state index contributed by atoms with van der Waals surface area (Å²) in [5.74, 6) is -1.30. The molecule has 2 saturated heterocycles. The Morgan fingerprint density at radius 3 is 2.41 bits per heavy atom. The van der Waals surface area contributed by atoms with Gasteiger partial charge in [-0.05, 0) is 37.0 Å². The fourth-order valence-corrected chi connectivity index (χ4v) is 6.76. The van der Waals surface area contributed by atoms with Gasteiger partial charge < -0.3 is 29.0 Å². The van der Waals surface area contributed by atoms with Crippen LogP contribution in [0.2, 0.25) is 18.1 Å². The number of alkyl carbamates (subject to hydrolysis) is 1. The molecule has 0 aromatic rings. The van der Waals surface area contributed by atoms with E-state index in [1.54, 1.807) is 9.80 Å². The van der Waals surface area contributed by atoms with E-state index in [0.29, 0.717) is 13.0 Å². The smallest absolute Gasteiger partial charge is 0.407 e. The van der Waals surface area contributed by atoms with Crippen LogP contribution in [0.5, 0.6) is 0 Å². The van der Waals surface area contributed by atoms with Crippen LogP contribution in [0.4, 0.5) is 4.79 Å². The normalized spacial score (nSPS) is 23.3. The summed E-state index contributed by atoms with van der Waals surface area (Å²) in [7, 11) is -2.12. The third-order valence-electron chi connectivity index (χ3n) is 8.28. The summed E-state index contributed by atoms with van der Waals surface area (Å²) in [4.78, 5) is 54.5. The molecule has 3 heterocycles. The van der Waals surface area contributed by atoms with E-state index in [1.807, 2.05) is 6.92 Å². The number of piperidine rings is 1. The number of β-lactam (4-membered cyclic amide) rings is 1. The van der Waals surface area contributed by atoms with Crippen LogP contribution in [-0.2, 0) is 28.3 Å². The SMILES string of the molecule is C=CCOC(=O)NCCC(=O)N1CC[C@H]2C(=C(C(=O)OCC=C)N3C(=O)[C@H]([C@@H](C)O[Si](C)(C)C(C)(C)C)[C@@H]23)C1. The van der Waals surface area contributed by atoms with Crippen molar-refractivity contribution in [2.24, 2.45) is 11.8 Å². The molecular formula is C28H43N3O7Si. The van der Waals surface area contributed by atoms with Crippen molar-refractivity contribution in [1.82, 2.24) is 15.1 Å². The third kappa shape index (κ3) is 6.30. The van der Waals surface area contributed by atoms with Crippen LogP contribution in [0.25, 0.3) is 0 Å². The first-order valence-corrected chi connectivity index (χ1v) is 16.5. The molecule has 3 amide bonds. The van der Waals surface area contributed by atoms with Crippen LogP contribution < -0.4 is 5.32 Å². The lowest BCUT2D eigenvalue weighted by molar-refractivity contribution is -0.164. The fraction of sp³-hybridized carbons (Fsp3) is 0.643. The lowest BCUT2D eigenvalue weighted by atomic mass is 9.74. The van der Waals surface area contributed by atoms with E-state index in [1.165, 1.54) is 12.2 Å². The first kappa shape index (κ1) is 30.6. The number of amides is 3. The van der Waals surface area contributed by atoms with Gasteiger partial charge in [-0.3, -0.25) is 9.59 Å². The van der Waals surface area contributed by atoms with Crippen molar-refractivity contribution >= 4 is 32.2 Å². The average Bonchev–Trinajstić information content (AvgIpc) is 3.14. The second-order valence-corrected chi connectivity index (χ2v) is 16.6. The van der Waals surface area contributed by atoms with Gasteiger partial charge in [0.05, 0.1) is 18.1 Å². The largest absolute Gasteiger partial charge is 0.457 e. The Kier molecular flexibility index (Phi) is 9.48. The number of likely N-dealkylation sites (tertiary alicyclic amines) is 1. The fourth-order valence-electron chi connectivity index (χ4n) is 5.33. The van der Waals surface area contributed by atoms with Crippen molar-refractivity contribution in [3.63, 3.8) is 0 Å². The molecule has 3 aliphatic rings. The molecule has 216 valence electrons. The van der Waals surface area contributed by atoms with Gasteiger partial charge in [0.25, 0.3) is 0 Å². The Hall–Kier alpha value is -2.92. The van der Waals surface area contributed by atoms with Gasteiger partial charge in [-0.1, -0.05) is 46.1 Å². The van der Waals surface area contributed by atoms with Gasteiger partial charge >= 0.3 is 12.1 Å². The maximum Gasteiger partial charge on any atom is 0.407 e. The van der Waals surface area contributed by atoms with E-state index in [-0.39, 0.29) is 79.3 Å². The quantitative estimate of drug-likeness (QED) is 0.178. The number of rotatable bonds is 11. The van der Waals surface area contributed by atoms with Crippen LogP contribution in [0.1, 0.15) is 40.5 Å². The molecule has 0 unspecified atom stereocenters. The van der Waals surface area contributed by atoms with Crippen LogP contribution in [-0.4, -0.2) is 87.0 Å². The van der Waals surface area contributed by atoms with Crippen molar-refractivity contribution in [3.05, 3.63) is 36.6 Å². The molecule has 11 heteroatoms. The number of hydrogen-bond acceptors (Lipinski definition) is 7. The highest BCUT2D eigenvalue weighted by Crippen LogP contribution is 2.51. The number of nitrogens with one attached hydrogen (secondary N) is 1. The van der Waals surface area contributed by atoms with Crippen molar-refractivity contribution < 1.29 is 33.1 Å². The number of hydrogen-bond donors (Lipinski definition) is 1. The Morgan fingerprint density at radius 1 is 1.15 bits per heavy atom. The predicted octanol–water partition coefficient (Wildman–Crippen LogP) is 3.37. The summed E-state index contributed by atoms with van der Waals surface area (Å²) in [5.41, 5.74) is 0.999. The minimum Gasteiger partial charge on any atom is -0.457 e. The van der Waals surface area contributed by atoms with E-state index < -0.39 is 20.4 Å². The van der Waals surface area contributed by atoms with E-state index in [9.17, 15) is 19.2 Å². The van der Waals surface area contributed by atoms with Gasteiger partial charge in [-0.25, -0.2) is 9.59 Å². The van der Waals surface area contributed by atoms with Gasteiger partial charge in [-0.2, -0.15) is 0 Å². The summed E-state index contributed by atoms with van der Waals surface area (Å²) >= 11 is 0. The number of esters is 1. The van der Waals surface area contributed by atoms with Crippen LogP contribution in [0.3, 0.4) is 0 Å². The van der Waals surface area contributed by atoms with Gasteiger partial charge in [-0.15, -0.1) is 0 Å². The highest BCUT2D eigenvalue weighted by Gasteiger charge is 2.62. The van der Waals surface area contributed by atoms with Crippen molar-refractivity contribution in [2.45, 2.75) is 70.8 Å². The minimum absolute atomic E-state index is 0.00453. The molecule has 0 spiro atoms. The van der Waals surface area contributed by atoms with Gasteiger partial charge in [0.2, 0.25) is 11.8 Å². The Balaban J connectivity index is 1.76. The number of ether oxygens (including phenoxy) is 2. The van der Waals surface area contributed by atoms with Gasteiger partial charge in [0.15, 0.2) is 8.32 Å². The van der Waals surface area contributed by atoms with Crippen molar-refractivity contribution in [2.75, 3.05) is 32.8 Å². The number of fused-ring (bicyclic) bond motifs is 3. The standard InChI is InChI=1S/C28H43N3O7Si/c1-9-15-36-26(34)24-20-17-30(21(32)11-13-29-27(35)37-16-10-2)14-12-19(20)23-22(25(33)31(23)24)18(3)38-39(7,8)28(4,5)6/h9-10,18-19,22-23H,1-2,11-17H2,3-8H3,(H,29,35)/t18-,19+,22-,23-/m1/s1. The maximum atomic E-state index is 13.5. The molecule has 3 rings (SSSR count). The first-order chi connectivity index (χ1) is 18.2. The van der Waals surface area contributed by atoms with E-state index in [4.69, 9.17) is 13.9 Å². The molecule has 3 aliphatic heterocycles. The molecule has 0 saturated carbocycles. The third-order valence-corrected chi connectivity index (χ3v) is 12.8. The number of carbonyl (C=O) groups excluding carboxylic acids is 4. The minimum atomic E-state index is -2.12. The lowest BCUT2D eigenvalue weighted by Crippen LogP contribution is -2.65. The molecule has 39 heavy (non-hydrogen) atoms. The zero-order valence-corrected chi connectivity index (χ0v) is 25.1. The van der Waals surface area contributed by atoms with Crippen molar-refractivity contribution in [3.8, 4) is 0 Å². The summed E-state index contributed by atoms with van der Waals surface area (Å²) < 4.78 is 16.8. The van der Waals surface area contributed by atoms with E-state index in [2.05, 4.69) is 52.3 Å². The molecule has 2 fully saturated rings. The summed E-state index contributed by atoms with van der Waals surface area (Å²) in [6, 6.07) is -0.197. The molecule has 0 radical (unpaired) electrons. The van der Waals surface area contributed by atoms with Gasteiger partial charge in [0, 0.05) is 32.0 Å². The van der Waals surface area contributed by atoms with E-state index in [0.717, 1.165) is 5.57 Å². The highest BCUT2D eigenvalue weighted by molar-refractivity contribution is 6.74. The first-order valence-electron chi connectivity index (χ1n) is 13.6. The monoisotopic (exact) mass is 561 g/mol. The predicted molar refractivity (Wildman–Crippen MR) is 149 cm³/mol. The maximum absolute atomic E-state index is 13.5. The molecule has 0 bridgehead atoms. The zero-order valence-electron chi connectivity index (χ0n) is 24.1. The number of nitrogens with zero attached hydrogens (tertiary/aromatic N) is 2. The van der Waals surface area contributed by atoms with Crippen LogP contribution in [0, 0.1) is 11.8 Å². The summed E-state index contributed by atoms with van der Waals surface area (Å²) in [6.07, 6.45) is 2.73. The molecule has 0 aromatic carbocycles. The number of carbonyl (C=O) groups is 4. The van der Waals surface area contributed by atoms with Gasteiger partial charge in [0.1, 0.15) is 18.9 Å². The van der Waals surface area contributed by atoms with Crippen molar-refractivity contribution in [1.29, 1.82) is 0 Å². The Labute approximate surface area is 232 Å². The molecule has 4 atom stereocenters. The zero-order chi connectivity index (χ0) is 29.1.